The lowest BCUT2D eigenvalue weighted by atomic mass is 9.68. The van der Waals surface area contributed by atoms with Crippen LogP contribution in [-0.2, 0) is 5.41 Å². The summed E-state index contributed by atoms with van der Waals surface area (Å²) in [5.74, 6) is 0.340. The summed E-state index contributed by atoms with van der Waals surface area (Å²) < 4.78 is 0. The van der Waals surface area contributed by atoms with Gasteiger partial charge in [0.25, 0.3) is 0 Å². The summed E-state index contributed by atoms with van der Waals surface area (Å²) in [6, 6.07) is 18.6. The van der Waals surface area contributed by atoms with Gasteiger partial charge < -0.3 is 5.11 Å². The highest BCUT2D eigenvalue weighted by atomic mass is 16.3. The monoisotopic (exact) mass is 282 g/mol. The molecule has 0 aromatic heterocycles. The Morgan fingerprint density at radius 3 is 1.95 bits per heavy atom. The molecule has 0 heterocycles. The minimum absolute atomic E-state index is 0.0692. The molecule has 21 heavy (non-hydrogen) atoms. The number of unbranched alkanes of at least 4 members (excludes halogenated alkanes) is 1. The molecule has 0 amide bonds. The van der Waals surface area contributed by atoms with Crippen LogP contribution in [0.25, 0.3) is 0 Å². The van der Waals surface area contributed by atoms with E-state index in [0.29, 0.717) is 5.75 Å². The van der Waals surface area contributed by atoms with Gasteiger partial charge in [0.1, 0.15) is 5.75 Å². The van der Waals surface area contributed by atoms with E-state index < -0.39 is 0 Å². The van der Waals surface area contributed by atoms with Gasteiger partial charge in [0.2, 0.25) is 0 Å². The van der Waals surface area contributed by atoms with Crippen LogP contribution in [0.15, 0.2) is 54.6 Å². The highest BCUT2D eigenvalue weighted by Crippen LogP contribution is 2.41. The van der Waals surface area contributed by atoms with Crippen molar-refractivity contribution in [1.82, 2.24) is 0 Å². The van der Waals surface area contributed by atoms with Crippen molar-refractivity contribution >= 4 is 0 Å². The van der Waals surface area contributed by atoms with Crippen LogP contribution in [0.1, 0.15) is 57.1 Å². The second-order valence-electron chi connectivity index (χ2n) is 5.85. The summed E-state index contributed by atoms with van der Waals surface area (Å²) >= 11 is 0. The molecule has 0 aliphatic carbocycles. The number of phenolic OH excluding ortho intramolecular Hbond substituents is 1. The molecule has 0 fully saturated rings. The number of hydrogen-bond donors (Lipinski definition) is 1. The van der Waals surface area contributed by atoms with Crippen molar-refractivity contribution in [2.24, 2.45) is 0 Å². The quantitative estimate of drug-likeness (QED) is 0.693. The van der Waals surface area contributed by atoms with Crippen molar-refractivity contribution in [1.29, 1.82) is 0 Å². The maximum absolute atomic E-state index is 9.60. The lowest BCUT2D eigenvalue weighted by Crippen LogP contribution is -2.27. The fourth-order valence-electron chi connectivity index (χ4n) is 3.31. The summed E-state index contributed by atoms with van der Waals surface area (Å²) in [5.41, 5.74) is 2.78. The predicted molar refractivity (Wildman–Crippen MR) is 89.8 cm³/mol. The van der Waals surface area contributed by atoms with Crippen molar-refractivity contribution < 1.29 is 5.11 Å². The van der Waals surface area contributed by atoms with Crippen molar-refractivity contribution in [2.75, 3.05) is 0 Å². The highest BCUT2D eigenvalue weighted by Gasteiger charge is 2.32. The first-order valence-corrected chi connectivity index (χ1v) is 8.08. The van der Waals surface area contributed by atoms with Crippen LogP contribution in [0.2, 0.25) is 0 Å². The van der Waals surface area contributed by atoms with E-state index in [1.807, 2.05) is 12.1 Å². The molecule has 0 spiro atoms. The van der Waals surface area contributed by atoms with Crippen molar-refractivity contribution in [3.8, 4) is 5.75 Å². The maximum Gasteiger partial charge on any atom is 0.115 e. The van der Waals surface area contributed by atoms with Crippen molar-refractivity contribution in [2.45, 2.75) is 51.4 Å². The number of phenols is 1. The van der Waals surface area contributed by atoms with E-state index >= 15 is 0 Å². The van der Waals surface area contributed by atoms with Gasteiger partial charge in [-0.1, -0.05) is 75.6 Å². The van der Waals surface area contributed by atoms with Crippen LogP contribution >= 0.6 is 0 Å². The van der Waals surface area contributed by atoms with Gasteiger partial charge in [-0.25, -0.2) is 0 Å². The average Bonchev–Trinajstić information content (AvgIpc) is 2.53. The molecule has 1 nitrogen and oxygen atoms in total. The van der Waals surface area contributed by atoms with E-state index in [9.17, 15) is 5.11 Å². The van der Waals surface area contributed by atoms with Gasteiger partial charge in [-0.15, -0.1) is 0 Å². The van der Waals surface area contributed by atoms with E-state index in [1.165, 1.54) is 24.0 Å². The first-order chi connectivity index (χ1) is 10.2. The summed E-state index contributed by atoms with van der Waals surface area (Å²) in [4.78, 5) is 0. The predicted octanol–water partition coefficient (Wildman–Crippen LogP) is 5.67. The van der Waals surface area contributed by atoms with Gasteiger partial charge in [0.05, 0.1) is 0 Å². The summed E-state index contributed by atoms with van der Waals surface area (Å²) in [6.07, 6.45) is 5.87. The number of aromatic hydroxyl groups is 1. The van der Waals surface area contributed by atoms with E-state index in [-0.39, 0.29) is 5.41 Å². The molecule has 2 rings (SSSR count). The first-order valence-electron chi connectivity index (χ1n) is 8.08. The lowest BCUT2D eigenvalue weighted by Gasteiger charge is -2.35. The van der Waals surface area contributed by atoms with Crippen molar-refractivity contribution in [3.63, 3.8) is 0 Å². The second-order valence-corrected chi connectivity index (χ2v) is 5.85. The molecule has 1 unspecified atom stereocenters. The summed E-state index contributed by atoms with van der Waals surface area (Å²) in [5, 5.41) is 9.60. The molecule has 0 saturated carbocycles. The Balaban J connectivity index is 2.52. The third-order valence-corrected chi connectivity index (χ3v) is 4.38. The van der Waals surface area contributed by atoms with E-state index in [2.05, 4.69) is 56.3 Å². The molecule has 0 bridgehead atoms. The smallest absolute Gasteiger partial charge is 0.115 e. The minimum atomic E-state index is 0.0692. The Bertz CT molecular complexity index is 530. The SMILES string of the molecule is CCCCC(CCC)(c1ccccc1)c1ccc(O)cc1. The Morgan fingerprint density at radius 1 is 0.762 bits per heavy atom. The Morgan fingerprint density at radius 2 is 1.38 bits per heavy atom. The van der Waals surface area contributed by atoms with Gasteiger partial charge in [-0.05, 0) is 36.1 Å². The number of hydrogen-bond acceptors (Lipinski definition) is 1. The van der Waals surface area contributed by atoms with Crippen LogP contribution in [0.4, 0.5) is 0 Å². The molecular formula is C20H26O. The molecule has 1 heteroatoms. The molecule has 2 aromatic rings. The Kier molecular flexibility index (Phi) is 5.44. The lowest BCUT2D eigenvalue weighted by molar-refractivity contribution is 0.414. The fourth-order valence-corrected chi connectivity index (χ4v) is 3.31. The molecule has 0 aliphatic heterocycles. The molecule has 0 aliphatic rings. The zero-order valence-corrected chi connectivity index (χ0v) is 13.2. The van der Waals surface area contributed by atoms with Crippen LogP contribution in [0.3, 0.4) is 0 Å². The van der Waals surface area contributed by atoms with Crippen LogP contribution in [-0.4, -0.2) is 5.11 Å². The molecule has 112 valence electrons. The number of rotatable bonds is 7. The molecule has 2 aromatic carbocycles. The standard InChI is InChI=1S/C20H26O/c1-3-5-16-20(15-4-2,17-9-7-6-8-10-17)18-11-13-19(21)14-12-18/h6-14,21H,3-5,15-16H2,1-2H3. The van der Waals surface area contributed by atoms with Gasteiger partial charge in [0.15, 0.2) is 0 Å². The van der Waals surface area contributed by atoms with Crippen LogP contribution in [0.5, 0.6) is 5.75 Å². The number of benzene rings is 2. The second kappa shape index (κ2) is 7.31. The Hall–Kier alpha value is -1.76. The molecule has 0 radical (unpaired) electrons. The van der Waals surface area contributed by atoms with Gasteiger partial charge >= 0.3 is 0 Å². The first kappa shape index (κ1) is 15.6. The minimum Gasteiger partial charge on any atom is -0.508 e. The molecular weight excluding hydrogens is 256 g/mol. The zero-order valence-electron chi connectivity index (χ0n) is 13.2. The van der Waals surface area contributed by atoms with Gasteiger partial charge in [-0.2, -0.15) is 0 Å². The van der Waals surface area contributed by atoms with Gasteiger partial charge in [-0.3, -0.25) is 0 Å². The third-order valence-electron chi connectivity index (χ3n) is 4.38. The largest absolute Gasteiger partial charge is 0.508 e. The highest BCUT2D eigenvalue weighted by molar-refractivity contribution is 5.41. The Labute approximate surface area is 128 Å². The molecule has 1 atom stereocenters. The van der Waals surface area contributed by atoms with Gasteiger partial charge in [0, 0.05) is 5.41 Å². The van der Waals surface area contributed by atoms with E-state index in [0.717, 1.165) is 19.3 Å². The topological polar surface area (TPSA) is 20.2 Å². The summed E-state index contributed by atoms with van der Waals surface area (Å²) in [6.45, 7) is 4.50. The van der Waals surface area contributed by atoms with Crippen molar-refractivity contribution in [3.05, 3.63) is 65.7 Å². The van der Waals surface area contributed by atoms with Crippen LogP contribution in [0, 0.1) is 0 Å². The average molecular weight is 282 g/mol. The van der Waals surface area contributed by atoms with E-state index in [1.54, 1.807) is 0 Å². The fraction of sp³-hybridized carbons (Fsp3) is 0.400. The van der Waals surface area contributed by atoms with Crippen LogP contribution < -0.4 is 0 Å². The molecule has 1 N–H and O–H groups in total. The maximum atomic E-state index is 9.60. The summed E-state index contributed by atoms with van der Waals surface area (Å²) in [7, 11) is 0. The van der Waals surface area contributed by atoms with E-state index in [4.69, 9.17) is 0 Å². The third kappa shape index (κ3) is 3.47. The molecule has 0 saturated heterocycles. The normalized spacial score (nSPS) is 13.8. The zero-order chi connectivity index (χ0) is 15.1.